The van der Waals surface area contributed by atoms with E-state index in [1.807, 2.05) is 48.5 Å². The smallest absolute Gasteiger partial charge is 0.407 e. The van der Waals surface area contributed by atoms with E-state index < -0.39 is 12.2 Å². The standard InChI is InChI=1S/C5H11NO2.C5H11NO.C4H9NO2.C4H9NO/c1-4(2)6(3)5(7)8;1-4(2)5(3)6-7;1-3(2)5-4(6)7;1-4(2)3-5-6/h4H,1-3H3,(H,7,8);4,7H,1-3H3;3,5H,1-2H3,(H,6,7);3-4,6H,1-2H3/b;6-5+;;5-3+/i/hD4. The third-order valence-corrected chi connectivity index (χ3v) is 2.81. The molecule has 0 aromatic carbocycles. The van der Waals surface area contributed by atoms with Crippen molar-refractivity contribution in [3.05, 3.63) is 0 Å². The monoisotopic (exact) mass is 412 g/mol. The van der Waals surface area contributed by atoms with Crippen LogP contribution in [0.5, 0.6) is 0 Å². The van der Waals surface area contributed by atoms with Crippen molar-refractivity contribution >= 4 is 24.1 Å². The second-order valence-electron chi connectivity index (χ2n) is 6.94. The van der Waals surface area contributed by atoms with E-state index in [4.69, 9.17) is 5.72 Å². The minimum Gasteiger partial charge on any atom is -0.465 e. The maximum Gasteiger partial charge on any atom is 0.407 e. The Bertz CT molecular complexity index is 522. The van der Waals surface area contributed by atoms with Crippen molar-refractivity contribution in [3.8, 4) is 0 Å². The highest BCUT2D eigenvalue weighted by molar-refractivity contribution is 5.82. The first-order valence-electron chi connectivity index (χ1n) is 10.5. The summed E-state index contributed by atoms with van der Waals surface area (Å²) in [5, 5.41) is 23.7. The van der Waals surface area contributed by atoms with Gasteiger partial charge in [-0.25, -0.2) is 9.59 Å². The van der Waals surface area contributed by atoms with Gasteiger partial charge in [0.15, 0.2) is 0 Å². The summed E-state index contributed by atoms with van der Waals surface area (Å²) in [4.78, 5) is 21.9. The summed E-state index contributed by atoms with van der Waals surface area (Å²) in [5.74, 6) is 0.741. The highest BCUT2D eigenvalue weighted by atomic mass is 16.4. The summed E-state index contributed by atoms with van der Waals surface area (Å²) in [6, 6.07) is 0.121. The van der Waals surface area contributed by atoms with Crippen LogP contribution in [-0.2, 0) is 0 Å². The number of rotatable bonds is 6. The highest BCUT2D eigenvalue weighted by Crippen LogP contribution is 1.93. The molecule has 0 rings (SSSR count). The van der Waals surface area contributed by atoms with E-state index in [0.29, 0.717) is 11.8 Å². The van der Waals surface area contributed by atoms with Gasteiger partial charge in [-0.2, -0.15) is 0 Å². The van der Waals surface area contributed by atoms with E-state index >= 15 is 0 Å². The van der Waals surface area contributed by atoms with Crippen molar-refractivity contribution in [2.75, 3.05) is 7.05 Å². The third kappa shape index (κ3) is 34.7. The van der Waals surface area contributed by atoms with Gasteiger partial charge in [0.05, 0.1) is 5.71 Å². The van der Waals surface area contributed by atoms with Crippen LogP contribution in [0.4, 0.5) is 9.59 Å². The van der Waals surface area contributed by atoms with E-state index in [1.54, 1.807) is 27.1 Å². The first-order valence-corrected chi connectivity index (χ1v) is 8.87. The van der Waals surface area contributed by atoms with Gasteiger partial charge < -0.3 is 30.9 Å². The Kier molecular flexibility index (Phi) is 17.5. The number of hydrogen-bond acceptors (Lipinski definition) is 8. The molecule has 5 N–H and O–H groups in total. The molecule has 0 aliphatic rings. The Morgan fingerprint density at radius 1 is 1.04 bits per heavy atom. The number of oxime groups is 2. The first-order chi connectivity index (χ1) is 14.7. The number of carbonyl (C=O) groups is 2. The third-order valence-electron chi connectivity index (χ3n) is 2.81. The average molecular weight is 413 g/mol. The van der Waals surface area contributed by atoms with Crippen LogP contribution >= 0.6 is 0 Å². The molecule has 0 aromatic heterocycles. The van der Waals surface area contributed by atoms with Crippen LogP contribution in [0.2, 0.25) is 2.86 Å². The van der Waals surface area contributed by atoms with E-state index in [-0.39, 0.29) is 12.1 Å². The van der Waals surface area contributed by atoms with E-state index in [1.165, 1.54) is 4.90 Å². The van der Waals surface area contributed by atoms with Crippen LogP contribution in [0, 0.1) is 11.8 Å². The molecule has 0 aromatic rings. The van der Waals surface area contributed by atoms with Crippen LogP contribution in [-0.4, -0.2) is 68.8 Å². The lowest BCUT2D eigenvalue weighted by atomic mass is 10.1. The molecule has 0 bridgehead atoms. The number of nitrogens with one attached hydrogen (secondary N) is 1. The van der Waals surface area contributed by atoms with Crippen LogP contribution in [0.25, 0.3) is 2.86 Å². The fourth-order valence-electron chi connectivity index (χ4n) is 0.674. The van der Waals surface area contributed by atoms with Crippen molar-refractivity contribution in [2.24, 2.45) is 22.1 Å². The Balaban J connectivity index is -0.000000164. The molecule has 10 nitrogen and oxygen atoms in total. The van der Waals surface area contributed by atoms with Gasteiger partial charge in [-0.1, -0.05) is 32.9 Å². The molecular formula is C18H40N4O6. The normalized spacial score (nSPS) is 12.0. The molecule has 0 saturated heterocycles. The zero-order valence-corrected chi connectivity index (χ0v) is 18.7. The summed E-state index contributed by atoms with van der Waals surface area (Å²) in [7, 11) is 1.58. The molecular weight excluding hydrogens is 368 g/mol. The summed E-state index contributed by atoms with van der Waals surface area (Å²) in [6.45, 7) is 17.0. The zero-order chi connectivity index (χ0) is 26.3. The van der Waals surface area contributed by atoms with Crippen molar-refractivity contribution in [3.63, 3.8) is 0 Å². The molecule has 0 aliphatic heterocycles. The number of carboxylic acid groups (broad SMARTS) is 2. The summed E-state index contributed by atoms with van der Waals surface area (Å²) in [5.41, 5.74) is 0.847. The molecule has 28 heavy (non-hydrogen) atoms. The quantitative estimate of drug-likeness (QED) is 0.249. The van der Waals surface area contributed by atoms with Crippen LogP contribution < -0.4 is 5.32 Å². The van der Waals surface area contributed by atoms with Crippen molar-refractivity contribution in [2.45, 2.75) is 74.4 Å². The van der Waals surface area contributed by atoms with E-state index in [0.717, 1.165) is 5.71 Å². The fourth-order valence-corrected chi connectivity index (χ4v) is 0.674. The van der Waals surface area contributed by atoms with Gasteiger partial charge in [0, 0.05) is 25.3 Å². The molecule has 10 heteroatoms. The minimum atomic E-state index is -0.708. The van der Waals surface area contributed by atoms with Crippen molar-refractivity contribution in [1.82, 2.24) is 10.2 Å². The molecule has 0 radical (unpaired) electrons. The van der Waals surface area contributed by atoms with Gasteiger partial charge in [0.25, 0.3) is 2.86 Å². The van der Waals surface area contributed by atoms with Gasteiger partial charge in [0.1, 0.15) is 0 Å². The Morgan fingerprint density at radius 3 is 1.75 bits per heavy atom. The second-order valence-corrected chi connectivity index (χ2v) is 6.94. The van der Waals surface area contributed by atoms with Crippen molar-refractivity contribution < 1.29 is 33.1 Å². The molecule has 0 atom stereocenters. The molecule has 0 spiro atoms. The first kappa shape index (κ1) is 23.5. The fraction of sp³-hybridized carbons (Fsp3) is 0.778. The summed E-state index contributed by atoms with van der Waals surface area (Å²) in [6.07, 6.45) is 0.234. The highest BCUT2D eigenvalue weighted by Gasteiger charge is 2.07. The van der Waals surface area contributed by atoms with Gasteiger partial charge in [-0.15, -0.1) is 5.16 Å². The number of nitrogens with zero attached hydrogens (tertiary/aromatic N) is 3. The van der Waals surface area contributed by atoms with Gasteiger partial charge in [-0.3, -0.25) is 0 Å². The lowest BCUT2D eigenvalue weighted by molar-refractivity contribution is 0.145. The summed E-state index contributed by atoms with van der Waals surface area (Å²) < 4.78 is 24.7. The Hall–Kier alpha value is -2.52. The molecule has 0 heterocycles. The van der Waals surface area contributed by atoms with Crippen LogP contribution in [0.1, 0.15) is 62.3 Å². The maximum atomic E-state index is 10.5. The molecule has 2 amide bonds. The number of hydrogen-bond donors (Lipinski definition) is 5. The topological polar surface area (TPSA) is 155 Å². The molecule has 0 aliphatic carbocycles. The molecule has 0 saturated carbocycles. The lowest BCUT2D eigenvalue weighted by Gasteiger charge is -2.16. The van der Waals surface area contributed by atoms with E-state index in [2.05, 4.69) is 36.3 Å². The zero-order valence-electron chi connectivity index (χ0n) is 22.7. The van der Waals surface area contributed by atoms with Crippen LogP contribution in [0.3, 0.4) is 0 Å². The van der Waals surface area contributed by atoms with Gasteiger partial charge in [0.2, 0.25) is 0 Å². The largest absolute Gasteiger partial charge is 0.465 e. The summed E-state index contributed by atoms with van der Waals surface area (Å²) >= 11 is 0. The van der Waals surface area contributed by atoms with Gasteiger partial charge in [-0.05, 0) is 46.5 Å². The van der Waals surface area contributed by atoms with Crippen molar-refractivity contribution in [1.29, 1.82) is 2.86 Å². The van der Waals surface area contributed by atoms with E-state index in [9.17, 15) is 9.59 Å². The predicted molar refractivity (Wildman–Crippen MR) is 112 cm³/mol. The Labute approximate surface area is 174 Å². The molecule has 0 fully saturated rings. The Morgan fingerprint density at radius 2 is 1.61 bits per heavy atom. The SMILES string of the molecule is [2H]O/N=C(\C)C(C)C.[2H]O/N=C/C(C)C.[2H]OC(=O)N(C)C(C)C.[2H]OC(=O)NC(C)C. The molecule has 0 unspecified atom stereocenters. The second kappa shape index (κ2) is 20.8. The minimum absolute atomic E-state index is 0.0350. The lowest BCUT2D eigenvalue weighted by Crippen LogP contribution is -2.31. The number of amides is 2. The predicted octanol–water partition coefficient (Wildman–Crippen LogP) is 4.26. The van der Waals surface area contributed by atoms with Gasteiger partial charge >= 0.3 is 15.0 Å². The maximum absolute atomic E-state index is 10.5. The van der Waals surface area contributed by atoms with Crippen LogP contribution in [0.15, 0.2) is 10.3 Å². The molecule has 168 valence electrons. The average Bonchev–Trinajstić information content (AvgIpc) is 2.71.